The van der Waals surface area contributed by atoms with Crippen molar-refractivity contribution in [2.24, 2.45) is 0 Å². The van der Waals surface area contributed by atoms with E-state index in [1.807, 2.05) is 0 Å². The zero-order valence-corrected chi connectivity index (χ0v) is 9.63. The quantitative estimate of drug-likeness (QED) is 0.665. The average molecular weight is 236 g/mol. The zero-order valence-electron chi connectivity index (χ0n) is 9.63. The summed E-state index contributed by atoms with van der Waals surface area (Å²) in [5.41, 5.74) is 0.504. The van der Waals surface area contributed by atoms with Crippen LogP contribution in [0.3, 0.4) is 0 Å². The summed E-state index contributed by atoms with van der Waals surface area (Å²) in [6, 6.07) is 5.90. The van der Waals surface area contributed by atoms with E-state index < -0.39 is 6.10 Å². The number of aliphatic hydroxyl groups is 1. The number of amides is 1. The van der Waals surface area contributed by atoms with Crippen LogP contribution in [-0.2, 0) is 0 Å². The molecule has 1 aromatic rings. The third kappa shape index (κ3) is 2.40. The Hall–Kier alpha value is -1.59. The van der Waals surface area contributed by atoms with Crippen LogP contribution in [0.4, 0.5) is 0 Å². The Balaban J connectivity index is 2.11. The molecule has 1 aliphatic rings. The lowest BCUT2D eigenvalue weighted by Gasteiger charge is -2.26. The van der Waals surface area contributed by atoms with Crippen molar-refractivity contribution < 1.29 is 15.0 Å². The second kappa shape index (κ2) is 4.73. The monoisotopic (exact) mass is 236 g/mol. The Bertz CT molecular complexity index is 405. The topological polar surface area (TPSA) is 72.8 Å². The summed E-state index contributed by atoms with van der Waals surface area (Å²) in [6.07, 6.45) is -0.527. The first kappa shape index (κ1) is 11.9. The van der Waals surface area contributed by atoms with Gasteiger partial charge in [-0.25, -0.2) is 0 Å². The number of phenols is 1. The standard InChI is InChI=1S/C12H16N2O3/c1-14(10-6-13-7-11(10)16)12(17)8-2-4-9(15)5-3-8/h2-5,10-11,13,15-16H,6-7H2,1H3/t10-,11-/m0/s1. The number of aromatic hydroxyl groups is 1. The molecule has 1 fully saturated rings. The fourth-order valence-electron chi connectivity index (χ4n) is 2.00. The van der Waals surface area contributed by atoms with E-state index in [0.29, 0.717) is 18.7 Å². The summed E-state index contributed by atoms with van der Waals surface area (Å²) < 4.78 is 0. The van der Waals surface area contributed by atoms with E-state index in [2.05, 4.69) is 5.32 Å². The van der Waals surface area contributed by atoms with Gasteiger partial charge in [-0.1, -0.05) is 0 Å². The third-order valence-electron chi connectivity index (χ3n) is 3.08. The Morgan fingerprint density at radius 1 is 1.35 bits per heavy atom. The number of rotatable bonds is 2. The summed E-state index contributed by atoms with van der Waals surface area (Å²) >= 11 is 0. The number of nitrogens with zero attached hydrogens (tertiary/aromatic N) is 1. The fraction of sp³-hybridized carbons (Fsp3) is 0.417. The Kier molecular flexibility index (Phi) is 3.31. The van der Waals surface area contributed by atoms with Crippen LogP contribution in [-0.4, -0.2) is 53.3 Å². The highest BCUT2D eigenvalue weighted by atomic mass is 16.3. The van der Waals surface area contributed by atoms with Crippen LogP contribution in [0.1, 0.15) is 10.4 Å². The van der Waals surface area contributed by atoms with Gasteiger partial charge in [-0.3, -0.25) is 4.79 Å². The number of hydrogen-bond donors (Lipinski definition) is 3. The van der Waals surface area contributed by atoms with Crippen molar-refractivity contribution in [1.29, 1.82) is 0 Å². The summed E-state index contributed by atoms with van der Waals surface area (Å²) in [4.78, 5) is 13.6. The van der Waals surface area contributed by atoms with Crippen molar-refractivity contribution in [3.63, 3.8) is 0 Å². The number of benzene rings is 1. The number of phenolic OH excluding ortho intramolecular Hbond substituents is 1. The highest BCUT2D eigenvalue weighted by molar-refractivity contribution is 5.94. The lowest BCUT2D eigenvalue weighted by Crippen LogP contribution is -2.44. The Morgan fingerprint density at radius 2 is 2.00 bits per heavy atom. The molecule has 0 bridgehead atoms. The van der Waals surface area contributed by atoms with Crippen LogP contribution < -0.4 is 5.32 Å². The minimum Gasteiger partial charge on any atom is -0.508 e. The molecule has 1 aromatic carbocycles. The van der Waals surface area contributed by atoms with Crippen molar-refractivity contribution in [2.75, 3.05) is 20.1 Å². The molecule has 5 heteroatoms. The first-order chi connectivity index (χ1) is 8.09. The van der Waals surface area contributed by atoms with Crippen molar-refractivity contribution in [1.82, 2.24) is 10.2 Å². The fourth-order valence-corrected chi connectivity index (χ4v) is 2.00. The van der Waals surface area contributed by atoms with Gasteiger partial charge in [0.05, 0.1) is 12.1 Å². The van der Waals surface area contributed by atoms with Gasteiger partial charge in [-0.2, -0.15) is 0 Å². The molecular weight excluding hydrogens is 220 g/mol. The van der Waals surface area contributed by atoms with E-state index >= 15 is 0 Å². The van der Waals surface area contributed by atoms with Crippen LogP contribution in [0.25, 0.3) is 0 Å². The molecular formula is C12H16N2O3. The predicted molar refractivity (Wildman–Crippen MR) is 62.9 cm³/mol. The smallest absolute Gasteiger partial charge is 0.253 e. The van der Waals surface area contributed by atoms with E-state index in [9.17, 15) is 9.90 Å². The van der Waals surface area contributed by atoms with Gasteiger partial charge in [-0.05, 0) is 24.3 Å². The predicted octanol–water partition coefficient (Wildman–Crippen LogP) is -0.203. The minimum atomic E-state index is -0.527. The highest BCUT2D eigenvalue weighted by Crippen LogP contribution is 2.14. The molecule has 0 aromatic heterocycles. The Morgan fingerprint density at radius 3 is 2.53 bits per heavy atom. The van der Waals surface area contributed by atoms with Crippen molar-refractivity contribution >= 4 is 5.91 Å². The minimum absolute atomic E-state index is 0.131. The van der Waals surface area contributed by atoms with Crippen LogP contribution in [0, 0.1) is 0 Å². The van der Waals surface area contributed by atoms with Crippen molar-refractivity contribution in [3.8, 4) is 5.75 Å². The molecule has 0 radical (unpaired) electrons. The molecule has 2 rings (SSSR count). The van der Waals surface area contributed by atoms with Crippen LogP contribution in [0.5, 0.6) is 5.75 Å². The molecule has 92 valence electrons. The molecule has 17 heavy (non-hydrogen) atoms. The molecule has 1 heterocycles. The van der Waals surface area contributed by atoms with E-state index in [-0.39, 0.29) is 17.7 Å². The van der Waals surface area contributed by atoms with Gasteiger partial charge in [0.2, 0.25) is 0 Å². The molecule has 5 nitrogen and oxygen atoms in total. The SMILES string of the molecule is CN(C(=O)c1ccc(O)cc1)[C@H]1CNC[C@@H]1O. The van der Waals surface area contributed by atoms with E-state index in [4.69, 9.17) is 5.11 Å². The summed E-state index contributed by atoms with van der Waals surface area (Å²) in [5, 5.41) is 21.9. The summed E-state index contributed by atoms with van der Waals surface area (Å²) in [7, 11) is 1.68. The van der Waals surface area contributed by atoms with Gasteiger partial charge < -0.3 is 20.4 Å². The van der Waals surface area contributed by atoms with Gasteiger partial charge in [0.1, 0.15) is 5.75 Å². The molecule has 1 aliphatic heterocycles. The number of β-amino-alcohol motifs (C(OH)–C–C–N with tert-alkyl or cyclic N) is 1. The molecule has 2 atom stereocenters. The normalized spacial score (nSPS) is 23.6. The summed E-state index contributed by atoms with van der Waals surface area (Å²) in [6.45, 7) is 1.11. The lowest BCUT2D eigenvalue weighted by atomic mass is 10.1. The van der Waals surface area contributed by atoms with Gasteiger partial charge in [0.15, 0.2) is 0 Å². The number of likely N-dealkylation sites (N-methyl/N-ethyl adjacent to an activating group) is 1. The van der Waals surface area contributed by atoms with Crippen LogP contribution in [0.2, 0.25) is 0 Å². The second-order valence-corrected chi connectivity index (χ2v) is 4.26. The first-order valence-electron chi connectivity index (χ1n) is 5.54. The van der Waals surface area contributed by atoms with Crippen molar-refractivity contribution in [2.45, 2.75) is 12.1 Å². The van der Waals surface area contributed by atoms with Gasteiger partial charge in [-0.15, -0.1) is 0 Å². The molecule has 0 spiro atoms. The number of nitrogens with one attached hydrogen (secondary N) is 1. The molecule has 3 N–H and O–H groups in total. The maximum absolute atomic E-state index is 12.1. The lowest BCUT2D eigenvalue weighted by molar-refractivity contribution is 0.0581. The maximum Gasteiger partial charge on any atom is 0.253 e. The van der Waals surface area contributed by atoms with Gasteiger partial charge >= 0.3 is 0 Å². The second-order valence-electron chi connectivity index (χ2n) is 4.26. The van der Waals surface area contributed by atoms with E-state index in [0.717, 1.165) is 0 Å². The largest absolute Gasteiger partial charge is 0.508 e. The Labute approximate surface area is 99.7 Å². The maximum atomic E-state index is 12.1. The third-order valence-corrected chi connectivity index (χ3v) is 3.08. The number of carbonyl (C=O) groups excluding carboxylic acids is 1. The number of carbonyl (C=O) groups is 1. The average Bonchev–Trinajstić information content (AvgIpc) is 2.74. The van der Waals surface area contributed by atoms with E-state index in [1.165, 1.54) is 17.0 Å². The molecule has 1 saturated heterocycles. The van der Waals surface area contributed by atoms with Gasteiger partial charge in [0.25, 0.3) is 5.91 Å². The van der Waals surface area contributed by atoms with Crippen LogP contribution >= 0.6 is 0 Å². The molecule has 1 amide bonds. The summed E-state index contributed by atoms with van der Waals surface area (Å²) in [5.74, 6) is -0.0236. The number of aliphatic hydroxyl groups excluding tert-OH is 1. The zero-order chi connectivity index (χ0) is 12.4. The number of hydrogen-bond acceptors (Lipinski definition) is 4. The molecule has 0 aliphatic carbocycles. The van der Waals surface area contributed by atoms with E-state index in [1.54, 1.807) is 19.2 Å². The first-order valence-corrected chi connectivity index (χ1v) is 5.54. The molecule has 0 saturated carbocycles. The van der Waals surface area contributed by atoms with Crippen LogP contribution in [0.15, 0.2) is 24.3 Å². The van der Waals surface area contributed by atoms with Gasteiger partial charge in [0, 0.05) is 25.7 Å². The molecule has 0 unspecified atom stereocenters. The highest BCUT2D eigenvalue weighted by Gasteiger charge is 2.31. The van der Waals surface area contributed by atoms with Crippen molar-refractivity contribution in [3.05, 3.63) is 29.8 Å².